The van der Waals surface area contributed by atoms with Crippen molar-refractivity contribution in [2.75, 3.05) is 0 Å². The molecule has 0 heterocycles. The molecule has 0 aromatic carbocycles. The molecule has 1 rings (SSSR count). The van der Waals surface area contributed by atoms with Crippen LogP contribution in [0.4, 0.5) is 13.6 Å². The number of alkyl carbamates (subject to hydrolysis) is 1. The van der Waals surface area contributed by atoms with Gasteiger partial charge in [-0.15, -0.1) is 0 Å². The van der Waals surface area contributed by atoms with Crippen molar-refractivity contribution in [1.29, 1.82) is 0 Å². The van der Waals surface area contributed by atoms with Gasteiger partial charge in [0.25, 0.3) is 5.92 Å². The zero-order valence-corrected chi connectivity index (χ0v) is 11.2. The van der Waals surface area contributed by atoms with Gasteiger partial charge in [0.2, 0.25) is 0 Å². The highest BCUT2D eigenvalue weighted by Crippen LogP contribution is 2.35. The van der Waals surface area contributed by atoms with E-state index in [-0.39, 0.29) is 12.8 Å². The molecule has 0 aliphatic heterocycles. The maximum Gasteiger partial charge on any atom is 0.408 e. The molecule has 1 aliphatic rings. The number of rotatable bonds is 2. The first-order chi connectivity index (χ1) is 8.65. The first kappa shape index (κ1) is 15.5. The number of halogens is 2. The van der Waals surface area contributed by atoms with Crippen LogP contribution in [0.5, 0.6) is 0 Å². The second-order valence-corrected chi connectivity index (χ2v) is 5.55. The first-order valence-corrected chi connectivity index (χ1v) is 6.07. The lowest BCUT2D eigenvalue weighted by atomic mass is 9.87. The van der Waals surface area contributed by atoms with Gasteiger partial charge >= 0.3 is 6.09 Å². The number of amides is 1. The van der Waals surface area contributed by atoms with Crippen molar-refractivity contribution >= 4 is 6.09 Å². The maximum atomic E-state index is 13.8. The Hall–Kier alpha value is -1.56. The summed E-state index contributed by atoms with van der Waals surface area (Å²) in [6, 6.07) is -2.48. The number of nitrogens with zero attached hydrogens (tertiary/aromatic N) is 3. The predicted octanol–water partition coefficient (Wildman–Crippen LogP) is 3.38. The SMILES string of the molecule is CC(C)(C)OC(=O)N[C@@H]1C(N=[N+]=[N-])CCCC1(F)F. The van der Waals surface area contributed by atoms with Gasteiger partial charge in [0, 0.05) is 11.3 Å². The summed E-state index contributed by atoms with van der Waals surface area (Å²) in [5, 5.41) is 5.47. The van der Waals surface area contributed by atoms with Crippen LogP contribution in [0.15, 0.2) is 5.11 Å². The highest BCUT2D eigenvalue weighted by atomic mass is 19.3. The van der Waals surface area contributed by atoms with Crippen molar-refractivity contribution in [3.05, 3.63) is 10.4 Å². The van der Waals surface area contributed by atoms with Crippen molar-refractivity contribution in [1.82, 2.24) is 5.32 Å². The summed E-state index contributed by atoms with van der Waals surface area (Å²) in [5.74, 6) is -3.10. The summed E-state index contributed by atoms with van der Waals surface area (Å²) in [6.07, 6.45) is -0.703. The van der Waals surface area contributed by atoms with Crippen LogP contribution in [0.2, 0.25) is 0 Å². The van der Waals surface area contributed by atoms with Crippen molar-refractivity contribution in [2.24, 2.45) is 5.11 Å². The summed E-state index contributed by atoms with van der Waals surface area (Å²) in [5.41, 5.74) is 7.62. The van der Waals surface area contributed by atoms with Gasteiger partial charge in [0.1, 0.15) is 11.6 Å². The van der Waals surface area contributed by atoms with Crippen LogP contribution in [-0.4, -0.2) is 29.7 Å². The van der Waals surface area contributed by atoms with Gasteiger partial charge < -0.3 is 10.1 Å². The molecule has 0 radical (unpaired) electrons. The molecule has 1 aliphatic carbocycles. The van der Waals surface area contributed by atoms with Gasteiger partial charge in [0.05, 0.1) is 6.04 Å². The van der Waals surface area contributed by atoms with E-state index in [9.17, 15) is 13.6 Å². The zero-order chi connectivity index (χ0) is 14.7. The maximum absolute atomic E-state index is 13.8. The number of carbonyl (C=O) groups is 1. The molecule has 19 heavy (non-hydrogen) atoms. The second kappa shape index (κ2) is 5.61. The molecular formula is C11H18F2N4O2. The third-order valence-electron chi connectivity index (χ3n) is 2.72. The van der Waals surface area contributed by atoms with Crippen LogP contribution < -0.4 is 5.32 Å². The number of hydrogen-bond donors (Lipinski definition) is 1. The molecule has 1 unspecified atom stereocenters. The Balaban J connectivity index is 2.79. The Labute approximate surface area is 110 Å². The lowest BCUT2D eigenvalue weighted by molar-refractivity contribution is -0.0715. The highest BCUT2D eigenvalue weighted by Gasteiger charge is 2.48. The lowest BCUT2D eigenvalue weighted by Gasteiger charge is -2.36. The average Bonchev–Trinajstić information content (AvgIpc) is 2.20. The van der Waals surface area contributed by atoms with E-state index in [1.807, 2.05) is 0 Å². The summed E-state index contributed by atoms with van der Waals surface area (Å²) >= 11 is 0. The molecule has 0 aromatic rings. The number of carbonyl (C=O) groups excluding carboxylic acids is 1. The molecule has 2 atom stereocenters. The Morgan fingerprint density at radius 1 is 1.53 bits per heavy atom. The molecule has 108 valence electrons. The minimum atomic E-state index is -3.10. The van der Waals surface area contributed by atoms with E-state index < -0.39 is 29.7 Å². The smallest absolute Gasteiger partial charge is 0.408 e. The summed E-state index contributed by atoms with van der Waals surface area (Å²) in [4.78, 5) is 14.1. The molecule has 0 spiro atoms. The normalized spacial score (nSPS) is 26.2. The number of alkyl halides is 2. The van der Waals surface area contributed by atoms with Crippen molar-refractivity contribution in [2.45, 2.75) is 63.6 Å². The number of nitrogens with one attached hydrogen (secondary N) is 1. The third kappa shape index (κ3) is 4.55. The van der Waals surface area contributed by atoms with Crippen LogP contribution in [-0.2, 0) is 4.74 Å². The van der Waals surface area contributed by atoms with Crippen LogP contribution in [0.3, 0.4) is 0 Å². The summed E-state index contributed by atoms with van der Waals surface area (Å²) in [6.45, 7) is 4.91. The van der Waals surface area contributed by atoms with E-state index in [1.54, 1.807) is 20.8 Å². The summed E-state index contributed by atoms with van der Waals surface area (Å²) < 4.78 is 32.5. The van der Waals surface area contributed by atoms with Gasteiger partial charge in [-0.25, -0.2) is 13.6 Å². The Morgan fingerprint density at radius 2 is 2.16 bits per heavy atom. The minimum Gasteiger partial charge on any atom is -0.444 e. The Kier molecular flexibility index (Phi) is 4.57. The molecule has 1 amide bonds. The van der Waals surface area contributed by atoms with Crippen molar-refractivity contribution < 1.29 is 18.3 Å². The monoisotopic (exact) mass is 276 g/mol. The topological polar surface area (TPSA) is 87.1 Å². The standard InChI is InChI=1S/C11H18F2N4O2/c1-10(2,3)19-9(18)15-8-7(16-17-14)5-4-6-11(8,12)13/h7-8H,4-6H2,1-3H3,(H,15,18)/t7?,8-/m1/s1. The molecule has 0 aromatic heterocycles. The average molecular weight is 276 g/mol. The molecule has 8 heteroatoms. The molecular weight excluding hydrogens is 258 g/mol. The van der Waals surface area contributed by atoms with Gasteiger partial charge in [-0.1, -0.05) is 5.11 Å². The van der Waals surface area contributed by atoms with E-state index in [1.165, 1.54) is 0 Å². The van der Waals surface area contributed by atoms with Crippen LogP contribution in [0.1, 0.15) is 40.0 Å². The minimum absolute atomic E-state index is 0.253. The van der Waals surface area contributed by atoms with Crippen LogP contribution in [0.25, 0.3) is 10.4 Å². The zero-order valence-electron chi connectivity index (χ0n) is 11.2. The van der Waals surface area contributed by atoms with Crippen molar-refractivity contribution in [3.63, 3.8) is 0 Å². The lowest BCUT2D eigenvalue weighted by Crippen LogP contribution is -2.56. The van der Waals surface area contributed by atoms with E-state index in [0.29, 0.717) is 6.42 Å². The summed E-state index contributed by atoms with van der Waals surface area (Å²) in [7, 11) is 0. The Morgan fingerprint density at radius 3 is 2.68 bits per heavy atom. The molecule has 1 fully saturated rings. The largest absolute Gasteiger partial charge is 0.444 e. The van der Waals surface area contributed by atoms with E-state index in [2.05, 4.69) is 15.3 Å². The molecule has 0 saturated heterocycles. The van der Waals surface area contributed by atoms with Crippen LogP contribution >= 0.6 is 0 Å². The second-order valence-electron chi connectivity index (χ2n) is 5.55. The van der Waals surface area contributed by atoms with Crippen LogP contribution in [0, 0.1) is 0 Å². The van der Waals surface area contributed by atoms with Gasteiger partial charge in [-0.2, -0.15) is 0 Å². The van der Waals surface area contributed by atoms with Gasteiger partial charge in [0.15, 0.2) is 0 Å². The quantitative estimate of drug-likeness (QED) is 0.476. The predicted molar refractivity (Wildman–Crippen MR) is 64.9 cm³/mol. The fourth-order valence-corrected chi connectivity index (χ4v) is 1.98. The highest BCUT2D eigenvalue weighted by molar-refractivity contribution is 5.68. The van der Waals surface area contributed by atoms with E-state index in [4.69, 9.17) is 10.3 Å². The fraction of sp³-hybridized carbons (Fsp3) is 0.909. The number of azide groups is 1. The number of hydrogen-bond acceptors (Lipinski definition) is 3. The van der Waals surface area contributed by atoms with Gasteiger partial charge in [-0.3, -0.25) is 0 Å². The molecule has 0 bridgehead atoms. The van der Waals surface area contributed by atoms with E-state index in [0.717, 1.165) is 0 Å². The van der Waals surface area contributed by atoms with Crippen molar-refractivity contribution in [3.8, 4) is 0 Å². The van der Waals surface area contributed by atoms with Gasteiger partial charge in [-0.05, 0) is 39.1 Å². The molecule has 1 N–H and O–H groups in total. The number of ether oxygens (including phenoxy) is 1. The Bertz CT molecular complexity index is 389. The molecule has 1 saturated carbocycles. The molecule has 6 nitrogen and oxygen atoms in total. The third-order valence-corrected chi connectivity index (χ3v) is 2.72. The first-order valence-electron chi connectivity index (χ1n) is 6.07. The fourth-order valence-electron chi connectivity index (χ4n) is 1.98. The van der Waals surface area contributed by atoms with E-state index >= 15 is 0 Å².